The number of nitrogens with one attached hydrogen (secondary N) is 1. The van der Waals surface area contributed by atoms with Crippen molar-refractivity contribution in [2.75, 3.05) is 13.2 Å². The van der Waals surface area contributed by atoms with Crippen LogP contribution in [0.1, 0.15) is 45.0 Å². The zero-order chi connectivity index (χ0) is 17.4. The summed E-state index contributed by atoms with van der Waals surface area (Å²) in [6.45, 7) is 10.4. The Labute approximate surface area is 138 Å². The molecular weight excluding hydrogens is 294 g/mol. The summed E-state index contributed by atoms with van der Waals surface area (Å²) in [4.78, 5) is 23.6. The lowest BCUT2D eigenvalue weighted by Crippen LogP contribution is -2.38. The number of carbonyl (C=O) groups excluding carboxylic acids is 2. The summed E-state index contributed by atoms with van der Waals surface area (Å²) in [5, 5.41) is 2.79. The van der Waals surface area contributed by atoms with Crippen LogP contribution in [0.25, 0.3) is 0 Å². The number of benzene rings is 1. The van der Waals surface area contributed by atoms with Crippen molar-refractivity contribution < 1.29 is 19.1 Å². The second-order valence-corrected chi connectivity index (χ2v) is 6.41. The third-order valence-electron chi connectivity index (χ3n) is 3.40. The molecule has 0 bridgehead atoms. The van der Waals surface area contributed by atoms with Crippen molar-refractivity contribution in [3.8, 4) is 5.75 Å². The molecule has 0 aliphatic rings. The number of rotatable bonds is 8. The van der Waals surface area contributed by atoms with Gasteiger partial charge in [0.05, 0.1) is 12.2 Å². The van der Waals surface area contributed by atoms with E-state index in [-0.39, 0.29) is 18.6 Å². The van der Waals surface area contributed by atoms with E-state index in [2.05, 4.69) is 19.2 Å². The van der Waals surface area contributed by atoms with Gasteiger partial charge in [-0.15, -0.1) is 0 Å². The van der Waals surface area contributed by atoms with Gasteiger partial charge in [0.15, 0.2) is 6.61 Å². The summed E-state index contributed by atoms with van der Waals surface area (Å²) in [6, 6.07) is 6.75. The average molecular weight is 321 g/mol. The topological polar surface area (TPSA) is 64.6 Å². The van der Waals surface area contributed by atoms with Gasteiger partial charge >= 0.3 is 5.97 Å². The molecule has 0 fully saturated rings. The molecular formula is C18H27NO4. The van der Waals surface area contributed by atoms with E-state index in [4.69, 9.17) is 9.47 Å². The Bertz CT molecular complexity index is 508. The normalized spacial score (nSPS) is 12.1. The molecule has 0 radical (unpaired) electrons. The maximum absolute atomic E-state index is 11.9. The maximum Gasteiger partial charge on any atom is 0.338 e. The molecule has 5 heteroatoms. The van der Waals surface area contributed by atoms with Crippen LogP contribution in [0.5, 0.6) is 5.75 Å². The molecule has 0 spiro atoms. The van der Waals surface area contributed by atoms with E-state index in [9.17, 15) is 9.59 Å². The monoisotopic (exact) mass is 321 g/mol. The second kappa shape index (κ2) is 9.18. The lowest BCUT2D eigenvalue weighted by atomic mass is 10.1. The van der Waals surface area contributed by atoms with Crippen molar-refractivity contribution in [2.45, 2.75) is 40.7 Å². The van der Waals surface area contributed by atoms with E-state index in [1.807, 2.05) is 20.8 Å². The lowest BCUT2D eigenvalue weighted by molar-refractivity contribution is -0.125. The fourth-order valence-electron chi connectivity index (χ4n) is 1.63. The average Bonchev–Trinajstić information content (AvgIpc) is 2.50. The van der Waals surface area contributed by atoms with Crippen molar-refractivity contribution in [3.63, 3.8) is 0 Å². The third kappa shape index (κ3) is 7.17. The first kappa shape index (κ1) is 19.0. The Morgan fingerprint density at radius 2 is 1.65 bits per heavy atom. The molecule has 1 aromatic rings. The van der Waals surface area contributed by atoms with Gasteiger partial charge in [0.2, 0.25) is 0 Å². The first-order valence-electron chi connectivity index (χ1n) is 7.99. The molecule has 0 saturated heterocycles. The van der Waals surface area contributed by atoms with E-state index in [1.165, 1.54) is 0 Å². The Hall–Kier alpha value is -2.04. The summed E-state index contributed by atoms with van der Waals surface area (Å²) in [5.74, 6) is 0.655. The van der Waals surface area contributed by atoms with E-state index >= 15 is 0 Å². The van der Waals surface area contributed by atoms with Crippen LogP contribution in [-0.4, -0.2) is 31.1 Å². The molecule has 0 heterocycles. The van der Waals surface area contributed by atoms with Crippen LogP contribution < -0.4 is 10.1 Å². The van der Waals surface area contributed by atoms with Crippen LogP contribution in [0.15, 0.2) is 24.3 Å². The van der Waals surface area contributed by atoms with E-state index in [0.29, 0.717) is 29.8 Å². The molecule has 0 aliphatic heterocycles. The minimum absolute atomic E-state index is 0.0404. The molecule has 1 amide bonds. The van der Waals surface area contributed by atoms with Crippen LogP contribution in [0, 0.1) is 11.8 Å². The number of ether oxygens (including phenoxy) is 2. The Balaban J connectivity index is 2.44. The number of hydrogen-bond acceptors (Lipinski definition) is 4. The highest BCUT2D eigenvalue weighted by Crippen LogP contribution is 2.14. The second-order valence-electron chi connectivity index (χ2n) is 6.41. The predicted octanol–water partition coefficient (Wildman–Crippen LogP) is 3.04. The first-order chi connectivity index (χ1) is 10.8. The Kier molecular flexibility index (Phi) is 7.59. The summed E-state index contributed by atoms with van der Waals surface area (Å²) in [5.41, 5.74) is 0.395. The third-order valence-corrected chi connectivity index (χ3v) is 3.40. The van der Waals surface area contributed by atoms with Gasteiger partial charge in [-0.25, -0.2) is 4.79 Å². The zero-order valence-electron chi connectivity index (χ0n) is 14.6. The van der Waals surface area contributed by atoms with Gasteiger partial charge in [-0.1, -0.05) is 27.7 Å². The van der Waals surface area contributed by atoms with E-state index in [1.54, 1.807) is 24.3 Å². The van der Waals surface area contributed by atoms with Gasteiger partial charge in [-0.3, -0.25) is 4.79 Å². The highest BCUT2D eigenvalue weighted by molar-refractivity contribution is 5.91. The van der Waals surface area contributed by atoms with E-state index < -0.39 is 5.97 Å². The van der Waals surface area contributed by atoms with Gasteiger partial charge in [-0.2, -0.15) is 0 Å². The van der Waals surface area contributed by atoms with Gasteiger partial charge in [-0.05, 0) is 43.0 Å². The van der Waals surface area contributed by atoms with Crippen molar-refractivity contribution in [1.82, 2.24) is 5.32 Å². The SMILES string of the molecule is CC(C)COc1ccc(C(=O)OCC(=O)N[C@@H](C)C(C)C)cc1. The predicted molar refractivity (Wildman–Crippen MR) is 89.5 cm³/mol. The Morgan fingerprint density at radius 1 is 1.04 bits per heavy atom. The minimum Gasteiger partial charge on any atom is -0.493 e. The van der Waals surface area contributed by atoms with E-state index in [0.717, 1.165) is 0 Å². The zero-order valence-corrected chi connectivity index (χ0v) is 14.6. The molecule has 23 heavy (non-hydrogen) atoms. The highest BCUT2D eigenvalue weighted by Gasteiger charge is 2.14. The number of esters is 1. The summed E-state index contributed by atoms with van der Waals surface area (Å²) in [7, 11) is 0. The molecule has 0 aromatic heterocycles. The summed E-state index contributed by atoms with van der Waals surface area (Å²) in [6.07, 6.45) is 0. The van der Waals surface area contributed by atoms with Gasteiger partial charge < -0.3 is 14.8 Å². The summed E-state index contributed by atoms with van der Waals surface area (Å²) >= 11 is 0. The van der Waals surface area contributed by atoms with Gasteiger partial charge in [0.1, 0.15) is 5.75 Å². The number of hydrogen-bond donors (Lipinski definition) is 1. The molecule has 128 valence electrons. The van der Waals surface area contributed by atoms with Crippen molar-refractivity contribution >= 4 is 11.9 Å². The molecule has 1 atom stereocenters. The maximum atomic E-state index is 11.9. The highest BCUT2D eigenvalue weighted by atomic mass is 16.5. The molecule has 0 unspecified atom stereocenters. The van der Waals surface area contributed by atoms with Crippen molar-refractivity contribution in [2.24, 2.45) is 11.8 Å². The van der Waals surface area contributed by atoms with Gasteiger partial charge in [0.25, 0.3) is 5.91 Å². The van der Waals surface area contributed by atoms with Crippen LogP contribution in [-0.2, 0) is 9.53 Å². The standard InChI is InChI=1S/C18H27NO4/c1-12(2)10-22-16-8-6-15(7-9-16)18(21)23-11-17(20)19-14(5)13(3)4/h6-9,12-14H,10-11H2,1-5H3,(H,19,20)/t14-/m0/s1. The Morgan fingerprint density at radius 3 is 2.17 bits per heavy atom. The molecule has 1 aromatic carbocycles. The number of amides is 1. The first-order valence-corrected chi connectivity index (χ1v) is 7.99. The minimum atomic E-state index is -0.521. The van der Waals surface area contributed by atoms with Crippen molar-refractivity contribution in [1.29, 1.82) is 0 Å². The van der Waals surface area contributed by atoms with Gasteiger partial charge in [0, 0.05) is 6.04 Å². The molecule has 0 saturated carbocycles. The molecule has 5 nitrogen and oxygen atoms in total. The van der Waals surface area contributed by atoms with Crippen LogP contribution >= 0.6 is 0 Å². The number of carbonyl (C=O) groups is 2. The van der Waals surface area contributed by atoms with Crippen molar-refractivity contribution in [3.05, 3.63) is 29.8 Å². The van der Waals surface area contributed by atoms with Crippen LogP contribution in [0.4, 0.5) is 0 Å². The molecule has 0 aliphatic carbocycles. The fraction of sp³-hybridized carbons (Fsp3) is 0.556. The summed E-state index contributed by atoms with van der Waals surface area (Å²) < 4.78 is 10.6. The largest absolute Gasteiger partial charge is 0.493 e. The fourth-order valence-corrected chi connectivity index (χ4v) is 1.63. The molecule has 1 N–H and O–H groups in total. The smallest absolute Gasteiger partial charge is 0.338 e. The van der Waals surface area contributed by atoms with Crippen LogP contribution in [0.2, 0.25) is 0 Å². The molecule has 1 rings (SSSR count). The van der Waals surface area contributed by atoms with Crippen LogP contribution in [0.3, 0.4) is 0 Å². The lowest BCUT2D eigenvalue weighted by Gasteiger charge is -2.17. The quantitative estimate of drug-likeness (QED) is 0.748.